The van der Waals surface area contributed by atoms with E-state index in [0.717, 1.165) is 30.8 Å². The summed E-state index contributed by atoms with van der Waals surface area (Å²) in [7, 11) is 1.82. The van der Waals surface area contributed by atoms with Crippen LogP contribution in [-0.4, -0.2) is 36.0 Å². The fraction of sp³-hybridized carbons (Fsp3) is 0.368. The lowest BCUT2D eigenvalue weighted by atomic mass is 10.2. The van der Waals surface area contributed by atoms with E-state index in [0.29, 0.717) is 18.0 Å². The number of amides is 1. The van der Waals surface area contributed by atoms with Crippen molar-refractivity contribution in [3.8, 4) is 5.75 Å². The van der Waals surface area contributed by atoms with Gasteiger partial charge < -0.3 is 15.0 Å². The van der Waals surface area contributed by atoms with Gasteiger partial charge in [0.25, 0.3) is 5.91 Å². The summed E-state index contributed by atoms with van der Waals surface area (Å²) in [6.45, 7) is 5.42. The summed E-state index contributed by atoms with van der Waals surface area (Å²) in [5, 5.41) is 3.23. The molecule has 0 fully saturated rings. The molecule has 0 bridgehead atoms. The fourth-order valence-electron chi connectivity index (χ4n) is 2.30. The second-order valence-electron chi connectivity index (χ2n) is 5.57. The number of benzene rings is 1. The third-order valence-electron chi connectivity index (χ3n) is 3.65. The van der Waals surface area contributed by atoms with Crippen molar-refractivity contribution in [2.24, 2.45) is 0 Å². The van der Waals surface area contributed by atoms with Gasteiger partial charge in [0.1, 0.15) is 11.6 Å². The molecular weight excluding hydrogens is 302 g/mol. The van der Waals surface area contributed by atoms with Gasteiger partial charge in [-0.1, -0.05) is 25.5 Å². The molecule has 2 aromatic rings. The molecule has 0 saturated heterocycles. The van der Waals surface area contributed by atoms with E-state index < -0.39 is 0 Å². The van der Waals surface area contributed by atoms with Gasteiger partial charge in [-0.05, 0) is 37.6 Å². The first-order valence-electron chi connectivity index (χ1n) is 8.36. The number of ether oxygens (including phenoxy) is 1. The van der Waals surface area contributed by atoms with Crippen LogP contribution in [0.15, 0.2) is 42.6 Å². The summed E-state index contributed by atoms with van der Waals surface area (Å²) in [4.78, 5) is 18.4. The molecule has 128 valence electrons. The average molecular weight is 327 g/mol. The molecular formula is C19H25N3O2. The van der Waals surface area contributed by atoms with Gasteiger partial charge in [-0.15, -0.1) is 0 Å². The van der Waals surface area contributed by atoms with Crippen LogP contribution in [0.25, 0.3) is 0 Å². The lowest BCUT2D eigenvalue weighted by Gasteiger charge is -2.17. The van der Waals surface area contributed by atoms with Crippen molar-refractivity contribution in [3.63, 3.8) is 0 Å². The van der Waals surface area contributed by atoms with Crippen molar-refractivity contribution >= 4 is 17.4 Å². The Balaban J connectivity index is 2.06. The molecule has 0 unspecified atom stereocenters. The highest BCUT2D eigenvalue weighted by Gasteiger charge is 2.12. The smallest absolute Gasteiger partial charge is 0.255 e. The maximum Gasteiger partial charge on any atom is 0.255 e. The Morgan fingerprint density at radius 2 is 2.00 bits per heavy atom. The largest absolute Gasteiger partial charge is 0.492 e. The molecule has 0 aliphatic carbocycles. The zero-order valence-electron chi connectivity index (χ0n) is 14.6. The van der Waals surface area contributed by atoms with Crippen LogP contribution in [0.5, 0.6) is 5.75 Å². The standard InChI is InChI=1S/C19H25N3O2/c1-4-6-13-22(3)19(23)15-11-12-18(20-14-15)21-16-9-7-8-10-17(16)24-5-2/h7-12,14H,4-6,13H2,1-3H3,(H,20,21). The van der Waals surface area contributed by atoms with Crippen molar-refractivity contribution in [3.05, 3.63) is 48.2 Å². The zero-order chi connectivity index (χ0) is 17.4. The van der Waals surface area contributed by atoms with Gasteiger partial charge in [0.05, 0.1) is 17.9 Å². The normalized spacial score (nSPS) is 10.3. The predicted molar refractivity (Wildman–Crippen MR) is 97.0 cm³/mol. The molecule has 0 radical (unpaired) electrons. The van der Waals surface area contributed by atoms with Crippen LogP contribution in [0.1, 0.15) is 37.0 Å². The number of para-hydroxylation sites is 2. The van der Waals surface area contributed by atoms with Crippen LogP contribution >= 0.6 is 0 Å². The SMILES string of the molecule is CCCCN(C)C(=O)c1ccc(Nc2ccccc2OCC)nc1. The van der Waals surface area contributed by atoms with Crippen LogP contribution in [0, 0.1) is 0 Å². The maximum atomic E-state index is 12.3. The number of nitrogens with zero attached hydrogens (tertiary/aromatic N) is 2. The van der Waals surface area contributed by atoms with Crippen molar-refractivity contribution < 1.29 is 9.53 Å². The number of carbonyl (C=O) groups is 1. The van der Waals surface area contributed by atoms with Crippen molar-refractivity contribution in [1.82, 2.24) is 9.88 Å². The Morgan fingerprint density at radius 1 is 1.21 bits per heavy atom. The highest BCUT2D eigenvalue weighted by molar-refractivity contribution is 5.94. The minimum absolute atomic E-state index is 0.00258. The Hall–Kier alpha value is -2.56. The first kappa shape index (κ1) is 17.8. The second kappa shape index (κ2) is 8.91. The lowest BCUT2D eigenvalue weighted by Crippen LogP contribution is -2.27. The monoisotopic (exact) mass is 327 g/mol. The van der Waals surface area contributed by atoms with Gasteiger partial charge in [-0.3, -0.25) is 4.79 Å². The minimum atomic E-state index is -0.00258. The van der Waals surface area contributed by atoms with Crippen LogP contribution in [-0.2, 0) is 0 Å². The number of rotatable bonds is 8. The van der Waals surface area contributed by atoms with E-state index in [9.17, 15) is 4.79 Å². The summed E-state index contributed by atoms with van der Waals surface area (Å²) in [6.07, 6.45) is 3.68. The quantitative estimate of drug-likeness (QED) is 0.793. The molecule has 0 saturated carbocycles. The highest BCUT2D eigenvalue weighted by Crippen LogP contribution is 2.26. The number of nitrogens with one attached hydrogen (secondary N) is 1. The zero-order valence-corrected chi connectivity index (χ0v) is 14.6. The first-order valence-corrected chi connectivity index (χ1v) is 8.36. The molecule has 5 heteroatoms. The highest BCUT2D eigenvalue weighted by atomic mass is 16.5. The van der Waals surface area contributed by atoms with Gasteiger partial charge >= 0.3 is 0 Å². The summed E-state index contributed by atoms with van der Waals surface area (Å²) < 4.78 is 5.59. The second-order valence-corrected chi connectivity index (χ2v) is 5.57. The summed E-state index contributed by atoms with van der Waals surface area (Å²) in [6, 6.07) is 11.3. The van der Waals surface area contributed by atoms with Gasteiger partial charge in [0, 0.05) is 19.8 Å². The summed E-state index contributed by atoms with van der Waals surface area (Å²) in [5.41, 5.74) is 1.45. The van der Waals surface area contributed by atoms with E-state index in [1.54, 1.807) is 17.2 Å². The summed E-state index contributed by atoms with van der Waals surface area (Å²) >= 11 is 0. The molecule has 5 nitrogen and oxygen atoms in total. The van der Waals surface area contributed by atoms with Crippen LogP contribution in [0.2, 0.25) is 0 Å². The van der Waals surface area contributed by atoms with Gasteiger partial charge in [-0.25, -0.2) is 4.98 Å². The molecule has 2 rings (SSSR count). The number of hydrogen-bond donors (Lipinski definition) is 1. The molecule has 0 atom stereocenters. The number of unbranched alkanes of at least 4 members (excludes halogenated alkanes) is 1. The van der Waals surface area contributed by atoms with Gasteiger partial charge in [0.15, 0.2) is 0 Å². The lowest BCUT2D eigenvalue weighted by molar-refractivity contribution is 0.0793. The average Bonchev–Trinajstić information content (AvgIpc) is 2.61. The van der Waals surface area contributed by atoms with E-state index in [2.05, 4.69) is 17.2 Å². The number of pyridine rings is 1. The molecule has 0 spiro atoms. The van der Waals surface area contributed by atoms with Crippen molar-refractivity contribution in [1.29, 1.82) is 0 Å². The summed E-state index contributed by atoms with van der Waals surface area (Å²) in [5.74, 6) is 1.45. The van der Waals surface area contributed by atoms with E-state index in [1.807, 2.05) is 44.3 Å². The molecule has 1 aromatic carbocycles. The number of aromatic nitrogens is 1. The third-order valence-corrected chi connectivity index (χ3v) is 3.65. The third kappa shape index (κ3) is 4.72. The predicted octanol–water partition coefficient (Wildman–Crippen LogP) is 4.10. The number of anilines is 2. The van der Waals surface area contributed by atoms with Crippen molar-refractivity contribution in [2.75, 3.05) is 25.5 Å². The van der Waals surface area contributed by atoms with Crippen LogP contribution in [0.3, 0.4) is 0 Å². The Kier molecular flexibility index (Phi) is 6.61. The number of hydrogen-bond acceptors (Lipinski definition) is 4. The topological polar surface area (TPSA) is 54.5 Å². The fourth-order valence-corrected chi connectivity index (χ4v) is 2.30. The van der Waals surface area contributed by atoms with Gasteiger partial charge in [0.2, 0.25) is 0 Å². The Labute approximate surface area is 143 Å². The maximum absolute atomic E-state index is 12.3. The first-order chi connectivity index (χ1) is 11.7. The molecule has 24 heavy (non-hydrogen) atoms. The molecule has 1 amide bonds. The Bertz CT molecular complexity index is 656. The number of carbonyl (C=O) groups excluding carboxylic acids is 1. The van der Waals surface area contributed by atoms with Crippen LogP contribution in [0.4, 0.5) is 11.5 Å². The Morgan fingerprint density at radius 3 is 2.67 bits per heavy atom. The molecule has 0 aliphatic heterocycles. The molecule has 1 aromatic heterocycles. The minimum Gasteiger partial charge on any atom is -0.492 e. The molecule has 1 heterocycles. The van der Waals surface area contributed by atoms with Crippen molar-refractivity contribution in [2.45, 2.75) is 26.7 Å². The van der Waals surface area contributed by atoms with E-state index in [-0.39, 0.29) is 5.91 Å². The molecule has 0 aliphatic rings. The van der Waals surface area contributed by atoms with Gasteiger partial charge in [-0.2, -0.15) is 0 Å². The van der Waals surface area contributed by atoms with Crippen LogP contribution < -0.4 is 10.1 Å². The van der Waals surface area contributed by atoms with E-state index in [1.165, 1.54) is 0 Å². The van der Waals surface area contributed by atoms with E-state index in [4.69, 9.17) is 4.74 Å². The van der Waals surface area contributed by atoms with E-state index >= 15 is 0 Å². The molecule has 1 N–H and O–H groups in total.